The molecule has 0 saturated carbocycles. The topological polar surface area (TPSA) is 93.5 Å². The number of piperidine rings is 1. The molecule has 210 valence electrons. The Labute approximate surface area is 237 Å². The molecule has 2 amide bonds. The van der Waals surface area contributed by atoms with Crippen LogP contribution >= 0.6 is 0 Å². The van der Waals surface area contributed by atoms with Crippen LogP contribution in [0.25, 0.3) is 10.9 Å². The first-order valence-corrected chi connectivity index (χ1v) is 13.3. The number of aryl methyl sites for hydroxylation is 1. The molecule has 8 nitrogen and oxygen atoms in total. The van der Waals surface area contributed by atoms with Gasteiger partial charge in [0.1, 0.15) is 35.2 Å². The summed E-state index contributed by atoms with van der Waals surface area (Å²) in [5, 5.41) is 16.3. The Morgan fingerprint density at radius 1 is 1.07 bits per heavy atom. The van der Waals surface area contributed by atoms with Gasteiger partial charge in [-0.15, -0.1) is 0 Å². The molecule has 5 rings (SSSR count). The number of pyridine rings is 1. The number of anilines is 4. The summed E-state index contributed by atoms with van der Waals surface area (Å²) in [5.41, 5.74) is 4.19. The lowest BCUT2D eigenvalue weighted by Crippen LogP contribution is -2.44. The first-order valence-electron chi connectivity index (χ1n) is 13.3. The summed E-state index contributed by atoms with van der Waals surface area (Å²) in [5.74, 6) is -0.907. The minimum absolute atomic E-state index is 0.111. The van der Waals surface area contributed by atoms with Crippen LogP contribution in [-0.4, -0.2) is 49.2 Å². The molecular weight excluding hydrogens is 526 g/mol. The van der Waals surface area contributed by atoms with E-state index in [4.69, 9.17) is 4.74 Å². The fourth-order valence-electron chi connectivity index (χ4n) is 4.84. The number of nitrogens with zero attached hydrogens (tertiary/aromatic N) is 4. The highest BCUT2D eigenvalue weighted by molar-refractivity contribution is 5.97. The first kappa shape index (κ1) is 27.6. The predicted molar refractivity (Wildman–Crippen MR) is 156 cm³/mol. The highest BCUT2D eigenvalue weighted by Crippen LogP contribution is 2.33. The second kappa shape index (κ2) is 11.7. The van der Waals surface area contributed by atoms with Gasteiger partial charge in [0.15, 0.2) is 0 Å². The summed E-state index contributed by atoms with van der Waals surface area (Å²) in [6.07, 6.45) is 2.62. The standard InChI is InChI=1S/C31H30F2N6O2/c1-19-15-21(36-29-20(17-34)18-35-27-9-8-22(38(2)3)16-24(27)29)7-10-28(19)41-23-11-13-39(14-12-23)31(40)37-30-25(32)5-4-6-26(30)33/h4-10,15-16,18,23H,11-14H2,1-3H3,(H,35,36)(H,37,40). The smallest absolute Gasteiger partial charge is 0.322 e. The third kappa shape index (κ3) is 5.99. The summed E-state index contributed by atoms with van der Waals surface area (Å²) in [7, 11) is 3.92. The van der Waals surface area contributed by atoms with Crippen LogP contribution in [-0.2, 0) is 0 Å². The van der Waals surface area contributed by atoms with Crippen LogP contribution in [0.1, 0.15) is 24.0 Å². The van der Waals surface area contributed by atoms with Crippen LogP contribution in [0.4, 0.5) is 36.3 Å². The van der Waals surface area contributed by atoms with Crippen molar-refractivity contribution in [2.24, 2.45) is 0 Å². The van der Waals surface area contributed by atoms with Gasteiger partial charge in [0.2, 0.25) is 0 Å². The van der Waals surface area contributed by atoms with Crippen LogP contribution in [0.2, 0.25) is 0 Å². The molecular formula is C31H30F2N6O2. The summed E-state index contributed by atoms with van der Waals surface area (Å²) >= 11 is 0. The molecule has 1 aromatic heterocycles. The Hall–Kier alpha value is -4.91. The van der Waals surface area contributed by atoms with Crippen LogP contribution in [0.15, 0.2) is 60.8 Å². The SMILES string of the molecule is Cc1cc(Nc2c(C#N)cnc3ccc(N(C)C)cc23)ccc1OC1CCN(C(=O)Nc2c(F)cccc2F)CC1. The second-order valence-electron chi connectivity index (χ2n) is 10.2. The van der Waals surface area contributed by atoms with E-state index in [-0.39, 0.29) is 6.10 Å². The lowest BCUT2D eigenvalue weighted by atomic mass is 10.1. The fraction of sp³-hybridized carbons (Fsp3) is 0.258. The van der Waals surface area contributed by atoms with E-state index in [2.05, 4.69) is 21.7 Å². The summed E-state index contributed by atoms with van der Waals surface area (Å²) in [6, 6.07) is 16.8. The van der Waals surface area contributed by atoms with Crippen molar-refractivity contribution in [2.75, 3.05) is 42.7 Å². The van der Waals surface area contributed by atoms with Gasteiger partial charge in [0, 0.05) is 63.0 Å². The van der Waals surface area contributed by atoms with E-state index in [1.54, 1.807) is 6.20 Å². The summed E-state index contributed by atoms with van der Waals surface area (Å²) in [6.45, 7) is 2.74. The van der Waals surface area contributed by atoms with Crippen molar-refractivity contribution < 1.29 is 18.3 Å². The van der Waals surface area contributed by atoms with E-state index in [1.165, 1.54) is 11.0 Å². The van der Waals surface area contributed by atoms with Gasteiger partial charge >= 0.3 is 6.03 Å². The number of nitrogens with one attached hydrogen (secondary N) is 2. The predicted octanol–water partition coefficient (Wildman–Crippen LogP) is 6.58. The Balaban J connectivity index is 1.24. The molecule has 1 aliphatic rings. The van der Waals surface area contributed by atoms with E-state index in [0.717, 1.165) is 45.7 Å². The van der Waals surface area contributed by atoms with Gasteiger partial charge in [-0.3, -0.25) is 4.98 Å². The Morgan fingerprint density at radius 2 is 1.80 bits per heavy atom. The van der Waals surface area contributed by atoms with Gasteiger partial charge in [-0.25, -0.2) is 13.6 Å². The highest BCUT2D eigenvalue weighted by Gasteiger charge is 2.25. The minimum atomic E-state index is -0.815. The molecule has 0 bridgehead atoms. The maximum absolute atomic E-state index is 13.9. The maximum Gasteiger partial charge on any atom is 0.322 e. The number of ether oxygens (including phenoxy) is 1. The summed E-state index contributed by atoms with van der Waals surface area (Å²) < 4.78 is 34.1. The lowest BCUT2D eigenvalue weighted by Gasteiger charge is -2.32. The van der Waals surface area contributed by atoms with Crippen molar-refractivity contribution in [1.29, 1.82) is 5.26 Å². The van der Waals surface area contributed by atoms with Crippen molar-refractivity contribution in [3.05, 3.63) is 83.6 Å². The number of halogens is 2. The number of rotatable bonds is 6. The molecule has 41 heavy (non-hydrogen) atoms. The zero-order chi connectivity index (χ0) is 29.1. The van der Waals surface area contributed by atoms with Crippen molar-refractivity contribution in [3.63, 3.8) is 0 Å². The van der Waals surface area contributed by atoms with E-state index in [0.29, 0.717) is 37.2 Å². The highest BCUT2D eigenvalue weighted by atomic mass is 19.1. The number of nitriles is 1. The monoisotopic (exact) mass is 556 g/mol. The molecule has 4 aromatic rings. The zero-order valence-corrected chi connectivity index (χ0v) is 23.0. The van der Waals surface area contributed by atoms with E-state index < -0.39 is 23.4 Å². The van der Waals surface area contributed by atoms with Crippen molar-refractivity contribution in [1.82, 2.24) is 9.88 Å². The van der Waals surface area contributed by atoms with Crippen molar-refractivity contribution in [3.8, 4) is 11.8 Å². The van der Waals surface area contributed by atoms with Gasteiger partial charge in [-0.05, 0) is 61.0 Å². The average molecular weight is 557 g/mol. The van der Waals surface area contributed by atoms with Crippen LogP contribution < -0.4 is 20.3 Å². The average Bonchev–Trinajstić information content (AvgIpc) is 2.96. The number of fused-ring (bicyclic) bond motifs is 1. The number of hydrogen-bond acceptors (Lipinski definition) is 6. The van der Waals surface area contributed by atoms with Crippen LogP contribution in [0.5, 0.6) is 5.75 Å². The molecule has 10 heteroatoms. The van der Waals surface area contributed by atoms with Crippen molar-refractivity contribution >= 4 is 39.7 Å². The van der Waals surface area contributed by atoms with Gasteiger partial charge in [-0.1, -0.05) is 6.07 Å². The Morgan fingerprint density at radius 3 is 2.46 bits per heavy atom. The molecule has 1 saturated heterocycles. The maximum atomic E-state index is 13.9. The third-order valence-corrected chi connectivity index (χ3v) is 7.15. The number of benzene rings is 3. The molecule has 0 unspecified atom stereocenters. The molecule has 0 atom stereocenters. The summed E-state index contributed by atoms with van der Waals surface area (Å²) in [4.78, 5) is 20.5. The molecule has 1 aliphatic heterocycles. The largest absolute Gasteiger partial charge is 0.490 e. The van der Waals surface area contributed by atoms with Gasteiger partial charge in [0.25, 0.3) is 0 Å². The molecule has 0 spiro atoms. The fourth-order valence-corrected chi connectivity index (χ4v) is 4.84. The quantitative estimate of drug-likeness (QED) is 0.279. The minimum Gasteiger partial charge on any atom is -0.490 e. The number of carbonyl (C=O) groups excluding carboxylic acids is 1. The van der Waals surface area contributed by atoms with E-state index in [1.807, 2.05) is 62.3 Å². The number of urea groups is 1. The van der Waals surface area contributed by atoms with Crippen LogP contribution in [0.3, 0.4) is 0 Å². The number of hydrogen-bond donors (Lipinski definition) is 2. The molecule has 2 N–H and O–H groups in total. The molecule has 1 fully saturated rings. The molecule has 3 aromatic carbocycles. The van der Waals surface area contributed by atoms with E-state index >= 15 is 0 Å². The van der Waals surface area contributed by atoms with Crippen molar-refractivity contribution in [2.45, 2.75) is 25.9 Å². The Bertz CT molecular complexity index is 1620. The lowest BCUT2D eigenvalue weighted by molar-refractivity contribution is 0.115. The van der Waals surface area contributed by atoms with E-state index in [9.17, 15) is 18.8 Å². The number of carbonyl (C=O) groups is 1. The number of para-hydroxylation sites is 1. The zero-order valence-electron chi connectivity index (χ0n) is 23.0. The number of aromatic nitrogens is 1. The number of likely N-dealkylation sites (tertiary alicyclic amines) is 1. The van der Waals surface area contributed by atoms with Gasteiger partial charge in [0.05, 0.1) is 16.8 Å². The Kier molecular flexibility index (Phi) is 7.88. The third-order valence-electron chi connectivity index (χ3n) is 7.15. The number of amides is 2. The normalized spacial score (nSPS) is 13.5. The van der Waals surface area contributed by atoms with Gasteiger partial charge < -0.3 is 25.2 Å². The molecule has 0 aliphatic carbocycles. The second-order valence-corrected chi connectivity index (χ2v) is 10.2. The van der Waals surface area contributed by atoms with Gasteiger partial charge in [-0.2, -0.15) is 5.26 Å². The molecule has 2 heterocycles. The molecule has 0 radical (unpaired) electrons. The first-order chi connectivity index (χ1) is 19.7. The van der Waals surface area contributed by atoms with Crippen LogP contribution in [0, 0.1) is 29.9 Å².